The van der Waals surface area contributed by atoms with Crippen molar-refractivity contribution in [3.05, 3.63) is 59.9 Å². The number of hydrogen-bond acceptors (Lipinski definition) is 6. The van der Waals surface area contributed by atoms with E-state index in [0.29, 0.717) is 6.61 Å². The number of ether oxygens (including phenoxy) is 3. The second-order valence-electron chi connectivity index (χ2n) is 6.02. The van der Waals surface area contributed by atoms with E-state index in [0.717, 1.165) is 46.9 Å². The molecule has 0 aliphatic rings. The summed E-state index contributed by atoms with van der Waals surface area (Å²) < 4.78 is 18.5. The van der Waals surface area contributed by atoms with Crippen molar-refractivity contribution < 1.29 is 14.2 Å². The van der Waals surface area contributed by atoms with E-state index >= 15 is 0 Å². The van der Waals surface area contributed by atoms with Gasteiger partial charge in [-0.3, -0.25) is 0 Å². The van der Waals surface area contributed by atoms with Gasteiger partial charge < -0.3 is 18.8 Å². The summed E-state index contributed by atoms with van der Waals surface area (Å²) in [6, 6.07) is 15.7. The molecule has 0 bridgehead atoms. The molecule has 28 heavy (non-hydrogen) atoms. The van der Waals surface area contributed by atoms with Crippen LogP contribution < -0.4 is 14.2 Å². The van der Waals surface area contributed by atoms with Crippen LogP contribution in [0.5, 0.6) is 17.2 Å². The second kappa shape index (κ2) is 10.0. The Kier molecular flexibility index (Phi) is 7.19. The van der Waals surface area contributed by atoms with Crippen molar-refractivity contribution in [3.63, 3.8) is 0 Å². The number of thioether (sulfide) groups is 1. The summed E-state index contributed by atoms with van der Waals surface area (Å²) in [5.41, 5.74) is 1.18. The number of aromatic nitrogens is 3. The summed E-state index contributed by atoms with van der Waals surface area (Å²) in [5.74, 6) is 4.08. The molecule has 0 N–H and O–H groups in total. The number of benzene rings is 2. The standard InChI is InChI=1S/C21H25N3O3S/c1-4-24-20(15-16-9-11-17(25-2)12-10-16)22-23-21(24)28-14-13-27-19-8-6-5-7-18(19)26-3/h5-12H,4,13-15H2,1-3H3. The van der Waals surface area contributed by atoms with Crippen molar-refractivity contribution in [2.45, 2.75) is 25.0 Å². The van der Waals surface area contributed by atoms with E-state index in [2.05, 4.69) is 33.8 Å². The molecule has 1 aromatic heterocycles. The summed E-state index contributed by atoms with van der Waals surface area (Å²) >= 11 is 1.65. The molecule has 3 rings (SSSR count). The van der Waals surface area contributed by atoms with E-state index in [1.807, 2.05) is 36.4 Å². The zero-order valence-electron chi connectivity index (χ0n) is 16.4. The van der Waals surface area contributed by atoms with E-state index in [-0.39, 0.29) is 0 Å². The lowest BCUT2D eigenvalue weighted by Crippen LogP contribution is -2.06. The molecule has 0 amide bonds. The molecule has 0 radical (unpaired) electrons. The van der Waals surface area contributed by atoms with Gasteiger partial charge in [0.05, 0.1) is 20.8 Å². The minimum Gasteiger partial charge on any atom is -0.497 e. The Morgan fingerprint density at radius 1 is 0.929 bits per heavy atom. The van der Waals surface area contributed by atoms with Crippen LogP contribution in [0.15, 0.2) is 53.7 Å². The Hall–Kier alpha value is -2.67. The third-order valence-electron chi connectivity index (χ3n) is 4.27. The van der Waals surface area contributed by atoms with Crippen LogP contribution in [0.1, 0.15) is 18.3 Å². The van der Waals surface area contributed by atoms with Crippen LogP contribution in [-0.2, 0) is 13.0 Å². The maximum Gasteiger partial charge on any atom is 0.191 e. The molecule has 0 spiro atoms. The van der Waals surface area contributed by atoms with E-state index in [4.69, 9.17) is 14.2 Å². The molecule has 1 heterocycles. The van der Waals surface area contributed by atoms with Gasteiger partial charge in [0.1, 0.15) is 11.6 Å². The molecule has 0 saturated carbocycles. The smallest absolute Gasteiger partial charge is 0.191 e. The van der Waals surface area contributed by atoms with Gasteiger partial charge in [-0.25, -0.2) is 0 Å². The van der Waals surface area contributed by atoms with Crippen LogP contribution >= 0.6 is 11.8 Å². The Labute approximate surface area is 169 Å². The van der Waals surface area contributed by atoms with Crippen LogP contribution in [0.2, 0.25) is 0 Å². The Morgan fingerprint density at radius 3 is 2.36 bits per heavy atom. The Bertz CT molecular complexity index is 881. The predicted molar refractivity (Wildman–Crippen MR) is 111 cm³/mol. The van der Waals surface area contributed by atoms with Crippen LogP contribution in [-0.4, -0.2) is 41.3 Å². The monoisotopic (exact) mass is 399 g/mol. The van der Waals surface area contributed by atoms with Crippen molar-refractivity contribution in [1.82, 2.24) is 14.8 Å². The van der Waals surface area contributed by atoms with Crippen molar-refractivity contribution in [2.75, 3.05) is 26.6 Å². The van der Waals surface area contributed by atoms with Crippen molar-refractivity contribution >= 4 is 11.8 Å². The number of rotatable bonds is 10. The number of methoxy groups -OCH3 is 2. The summed E-state index contributed by atoms with van der Waals surface area (Å²) in [6.45, 7) is 3.50. The maximum atomic E-state index is 5.83. The number of hydrogen-bond donors (Lipinski definition) is 0. The molecular formula is C21H25N3O3S. The van der Waals surface area contributed by atoms with Gasteiger partial charge in [-0.2, -0.15) is 0 Å². The molecular weight excluding hydrogens is 374 g/mol. The minimum atomic E-state index is 0.565. The molecule has 6 nitrogen and oxygen atoms in total. The van der Waals surface area contributed by atoms with Gasteiger partial charge in [0.15, 0.2) is 16.7 Å². The zero-order chi connectivity index (χ0) is 19.8. The number of para-hydroxylation sites is 2. The van der Waals surface area contributed by atoms with Crippen molar-refractivity contribution in [2.24, 2.45) is 0 Å². The Balaban J connectivity index is 1.57. The summed E-state index contributed by atoms with van der Waals surface area (Å²) in [7, 11) is 3.31. The molecule has 0 aliphatic carbocycles. The zero-order valence-corrected chi connectivity index (χ0v) is 17.2. The largest absolute Gasteiger partial charge is 0.497 e. The highest BCUT2D eigenvalue weighted by Crippen LogP contribution is 2.26. The third-order valence-corrected chi connectivity index (χ3v) is 5.20. The van der Waals surface area contributed by atoms with Crippen LogP contribution in [0.4, 0.5) is 0 Å². The fourth-order valence-corrected chi connectivity index (χ4v) is 3.66. The maximum absolute atomic E-state index is 5.83. The fourth-order valence-electron chi connectivity index (χ4n) is 2.82. The minimum absolute atomic E-state index is 0.565. The van der Waals surface area contributed by atoms with Crippen molar-refractivity contribution in [1.29, 1.82) is 0 Å². The van der Waals surface area contributed by atoms with E-state index in [9.17, 15) is 0 Å². The molecule has 3 aromatic rings. The van der Waals surface area contributed by atoms with Crippen LogP contribution in [0, 0.1) is 0 Å². The number of nitrogens with zero attached hydrogens (tertiary/aromatic N) is 3. The lowest BCUT2D eigenvalue weighted by atomic mass is 10.1. The van der Waals surface area contributed by atoms with Gasteiger partial charge in [-0.15, -0.1) is 10.2 Å². The first kappa shape index (κ1) is 20.1. The van der Waals surface area contributed by atoms with Gasteiger partial charge in [0, 0.05) is 18.7 Å². The summed E-state index contributed by atoms with van der Waals surface area (Å²) in [6.07, 6.45) is 0.739. The molecule has 0 aliphatic heterocycles. The first-order chi connectivity index (χ1) is 13.7. The fraction of sp³-hybridized carbons (Fsp3) is 0.333. The van der Waals surface area contributed by atoms with Crippen LogP contribution in [0.3, 0.4) is 0 Å². The molecule has 7 heteroatoms. The SMILES string of the molecule is CCn1c(Cc2ccc(OC)cc2)nnc1SCCOc1ccccc1OC. The third kappa shape index (κ3) is 4.98. The van der Waals surface area contributed by atoms with Gasteiger partial charge in [-0.1, -0.05) is 36.0 Å². The second-order valence-corrected chi connectivity index (χ2v) is 7.08. The quantitative estimate of drug-likeness (QED) is 0.378. The van der Waals surface area contributed by atoms with Crippen LogP contribution in [0.25, 0.3) is 0 Å². The highest BCUT2D eigenvalue weighted by atomic mass is 32.2. The Morgan fingerprint density at radius 2 is 1.68 bits per heavy atom. The van der Waals surface area contributed by atoms with Gasteiger partial charge in [-0.05, 0) is 36.8 Å². The van der Waals surface area contributed by atoms with E-state index < -0.39 is 0 Å². The molecule has 148 valence electrons. The average molecular weight is 400 g/mol. The normalized spacial score (nSPS) is 10.7. The molecule has 2 aromatic carbocycles. The highest BCUT2D eigenvalue weighted by molar-refractivity contribution is 7.99. The lowest BCUT2D eigenvalue weighted by molar-refractivity contribution is 0.313. The first-order valence-corrected chi connectivity index (χ1v) is 10.2. The lowest BCUT2D eigenvalue weighted by Gasteiger charge is -2.10. The first-order valence-electron chi connectivity index (χ1n) is 9.18. The van der Waals surface area contributed by atoms with Crippen molar-refractivity contribution in [3.8, 4) is 17.2 Å². The highest BCUT2D eigenvalue weighted by Gasteiger charge is 2.12. The molecule has 0 atom stereocenters. The van der Waals surface area contributed by atoms with E-state index in [1.54, 1.807) is 26.0 Å². The molecule has 0 fully saturated rings. The van der Waals surface area contributed by atoms with Gasteiger partial charge in [0.2, 0.25) is 0 Å². The van der Waals surface area contributed by atoms with Gasteiger partial charge >= 0.3 is 0 Å². The molecule has 0 unspecified atom stereocenters. The average Bonchev–Trinajstić information content (AvgIpc) is 3.13. The van der Waals surface area contributed by atoms with Gasteiger partial charge in [0.25, 0.3) is 0 Å². The van der Waals surface area contributed by atoms with E-state index in [1.165, 1.54) is 5.56 Å². The molecule has 0 saturated heterocycles. The summed E-state index contributed by atoms with van der Waals surface area (Å²) in [5, 5.41) is 9.67. The predicted octanol–water partition coefficient (Wildman–Crippen LogP) is 4.08. The topological polar surface area (TPSA) is 58.4 Å². The summed E-state index contributed by atoms with van der Waals surface area (Å²) in [4.78, 5) is 0.